The molecule has 1 rings (SSSR count). The number of hydrogen-bond donors (Lipinski definition) is 3. The first-order chi connectivity index (χ1) is 14.3. The van der Waals surface area contributed by atoms with Gasteiger partial charge >= 0.3 is 11.9 Å². The average molecular weight is 466 g/mol. The van der Waals surface area contributed by atoms with Crippen molar-refractivity contribution in [2.45, 2.75) is 71.3 Å². The molecule has 180 valence electrons. The number of carboxylic acid groups (broad SMARTS) is 1. The first-order valence-corrected chi connectivity index (χ1v) is 12.1. The van der Waals surface area contributed by atoms with Crippen molar-refractivity contribution >= 4 is 28.0 Å². The van der Waals surface area contributed by atoms with Gasteiger partial charge in [-0.2, -0.15) is 8.42 Å². The molecule has 1 aliphatic rings. The minimum absolute atomic E-state index is 0.128. The Kier molecular flexibility index (Phi) is 10.4. The van der Waals surface area contributed by atoms with E-state index in [2.05, 4.69) is 5.32 Å². The minimum atomic E-state index is -3.99. The molecule has 10 nitrogen and oxygen atoms in total. The molecule has 3 N–H and O–H groups in total. The molecule has 1 aliphatic carbocycles. The van der Waals surface area contributed by atoms with Crippen LogP contribution in [0.15, 0.2) is 0 Å². The molecule has 11 heteroatoms. The molecule has 31 heavy (non-hydrogen) atoms. The number of amides is 1. The zero-order valence-corrected chi connectivity index (χ0v) is 19.3. The van der Waals surface area contributed by atoms with Crippen LogP contribution in [-0.4, -0.2) is 67.6 Å². The number of aliphatic carboxylic acids is 1. The van der Waals surface area contributed by atoms with Gasteiger partial charge in [0, 0.05) is 25.3 Å². The maximum absolute atomic E-state index is 12.1. The van der Waals surface area contributed by atoms with Crippen molar-refractivity contribution in [2.75, 3.05) is 25.5 Å². The van der Waals surface area contributed by atoms with Gasteiger partial charge in [-0.05, 0) is 19.3 Å². The Balaban J connectivity index is 2.63. The van der Waals surface area contributed by atoms with Crippen molar-refractivity contribution in [2.24, 2.45) is 11.3 Å². The van der Waals surface area contributed by atoms with Crippen LogP contribution in [0.5, 0.6) is 0 Å². The number of carbonyl (C=O) groups excluding carboxylic acids is 2. The Hall–Kier alpha value is -1.72. The van der Waals surface area contributed by atoms with E-state index in [1.54, 1.807) is 0 Å². The number of ether oxygens (including phenoxy) is 1. The third-order valence-corrected chi connectivity index (χ3v) is 6.93. The molecule has 0 heterocycles. The second-order valence-electron chi connectivity index (χ2n) is 8.66. The third-order valence-electron chi connectivity index (χ3n) is 5.66. The van der Waals surface area contributed by atoms with Crippen molar-refractivity contribution in [3.05, 3.63) is 0 Å². The van der Waals surface area contributed by atoms with Crippen molar-refractivity contribution in [3.8, 4) is 0 Å². The second-order valence-corrected chi connectivity index (χ2v) is 10.4. The number of rotatable bonds is 13. The van der Waals surface area contributed by atoms with Crippen LogP contribution in [0.3, 0.4) is 0 Å². The lowest BCUT2D eigenvalue weighted by Gasteiger charge is -2.38. The number of hydrogen-bond acceptors (Lipinski definition) is 8. The zero-order chi connectivity index (χ0) is 23.7. The third kappa shape index (κ3) is 8.74. The standard InChI is InChI=1S/C20H35NO9S/c1-15(22)21-11-7-13-31(27,28)30-14-19(2,3)20(26,18(24)25)10-12-29-17(23)16-8-5-4-6-9-16/h16,26H,4-14H2,1-3H3,(H,21,22)(H,24,25)/t20-/m0/s1. The number of esters is 1. The summed E-state index contributed by atoms with van der Waals surface area (Å²) in [6, 6.07) is 0. The van der Waals surface area contributed by atoms with E-state index in [0.717, 1.165) is 32.1 Å². The van der Waals surface area contributed by atoms with E-state index in [1.165, 1.54) is 20.8 Å². The van der Waals surface area contributed by atoms with Gasteiger partial charge in [0.25, 0.3) is 10.1 Å². The summed E-state index contributed by atoms with van der Waals surface area (Å²) in [4.78, 5) is 34.8. The zero-order valence-electron chi connectivity index (χ0n) is 18.5. The fourth-order valence-electron chi connectivity index (χ4n) is 3.42. The Bertz CT molecular complexity index is 729. The van der Waals surface area contributed by atoms with Gasteiger partial charge in [0.15, 0.2) is 5.60 Å². The van der Waals surface area contributed by atoms with Crippen molar-refractivity contribution < 1.29 is 41.9 Å². The molecule has 0 aromatic rings. The predicted octanol–water partition coefficient (Wildman–Crippen LogP) is 1.21. The van der Waals surface area contributed by atoms with E-state index < -0.39 is 46.1 Å². The monoisotopic (exact) mass is 465 g/mol. The van der Waals surface area contributed by atoms with E-state index in [-0.39, 0.29) is 37.2 Å². The molecule has 0 spiro atoms. The van der Waals surface area contributed by atoms with E-state index in [4.69, 9.17) is 8.92 Å². The molecule has 1 atom stereocenters. The van der Waals surface area contributed by atoms with Gasteiger partial charge in [-0.3, -0.25) is 13.8 Å². The van der Waals surface area contributed by atoms with Gasteiger partial charge in [0.05, 0.1) is 24.9 Å². The maximum Gasteiger partial charge on any atom is 0.336 e. The highest BCUT2D eigenvalue weighted by Crippen LogP contribution is 2.35. The summed E-state index contributed by atoms with van der Waals surface area (Å²) in [6.07, 6.45) is 4.17. The second kappa shape index (κ2) is 11.8. The number of carbonyl (C=O) groups is 3. The number of carboxylic acids is 1. The molecular weight excluding hydrogens is 430 g/mol. The van der Waals surface area contributed by atoms with Gasteiger partial charge in [0.2, 0.25) is 5.91 Å². The van der Waals surface area contributed by atoms with Crippen LogP contribution in [0.25, 0.3) is 0 Å². The lowest BCUT2D eigenvalue weighted by atomic mass is 9.73. The normalized spacial score (nSPS) is 17.5. The molecule has 1 fully saturated rings. The van der Waals surface area contributed by atoms with Crippen molar-refractivity contribution in [3.63, 3.8) is 0 Å². The highest BCUT2D eigenvalue weighted by Gasteiger charge is 2.51. The highest BCUT2D eigenvalue weighted by molar-refractivity contribution is 7.86. The Morgan fingerprint density at radius 2 is 1.74 bits per heavy atom. The summed E-state index contributed by atoms with van der Waals surface area (Å²) in [5.41, 5.74) is -3.87. The van der Waals surface area contributed by atoms with Gasteiger partial charge in [0.1, 0.15) is 0 Å². The van der Waals surface area contributed by atoms with Crippen LogP contribution >= 0.6 is 0 Å². The molecule has 0 unspecified atom stereocenters. The maximum atomic E-state index is 12.1. The smallest absolute Gasteiger partial charge is 0.336 e. The van der Waals surface area contributed by atoms with E-state index >= 15 is 0 Å². The summed E-state index contributed by atoms with van der Waals surface area (Å²) >= 11 is 0. The fourth-order valence-corrected chi connectivity index (χ4v) is 4.51. The summed E-state index contributed by atoms with van der Waals surface area (Å²) in [7, 11) is -3.99. The van der Waals surface area contributed by atoms with Gasteiger partial charge in [-0.25, -0.2) is 4.79 Å². The number of aliphatic hydroxyl groups is 1. The molecule has 0 radical (unpaired) electrons. The van der Waals surface area contributed by atoms with Crippen LogP contribution in [0.4, 0.5) is 0 Å². The topological polar surface area (TPSA) is 156 Å². The van der Waals surface area contributed by atoms with Crippen LogP contribution < -0.4 is 5.32 Å². The molecule has 1 amide bonds. The lowest BCUT2D eigenvalue weighted by Crippen LogP contribution is -2.54. The average Bonchev–Trinajstić information content (AvgIpc) is 2.70. The molecule has 1 saturated carbocycles. The first kappa shape index (κ1) is 27.3. The molecule has 0 aromatic heterocycles. The van der Waals surface area contributed by atoms with Gasteiger partial charge in [-0.1, -0.05) is 33.1 Å². The highest BCUT2D eigenvalue weighted by atomic mass is 32.2. The van der Waals surface area contributed by atoms with Crippen LogP contribution in [-0.2, 0) is 33.4 Å². The largest absolute Gasteiger partial charge is 0.479 e. The summed E-state index contributed by atoms with van der Waals surface area (Å²) < 4.78 is 34.3. The van der Waals surface area contributed by atoms with Crippen LogP contribution in [0, 0.1) is 11.3 Å². The first-order valence-electron chi connectivity index (χ1n) is 10.5. The molecular formula is C20H35NO9S. The Morgan fingerprint density at radius 3 is 2.29 bits per heavy atom. The predicted molar refractivity (Wildman–Crippen MR) is 112 cm³/mol. The van der Waals surface area contributed by atoms with Crippen molar-refractivity contribution in [1.82, 2.24) is 5.32 Å². The quantitative estimate of drug-likeness (QED) is 0.207. The Labute approximate surface area is 183 Å². The summed E-state index contributed by atoms with van der Waals surface area (Å²) in [6.45, 7) is 3.34. The molecule has 0 saturated heterocycles. The molecule has 0 aliphatic heterocycles. The van der Waals surface area contributed by atoms with Gasteiger partial charge in [-0.15, -0.1) is 0 Å². The van der Waals surface area contributed by atoms with Crippen LogP contribution in [0.2, 0.25) is 0 Å². The summed E-state index contributed by atoms with van der Waals surface area (Å²) in [5.74, 6) is -2.81. The Morgan fingerprint density at radius 1 is 1.13 bits per heavy atom. The molecule has 0 aromatic carbocycles. The summed E-state index contributed by atoms with van der Waals surface area (Å²) in [5, 5.41) is 22.9. The van der Waals surface area contributed by atoms with E-state index in [9.17, 15) is 33.0 Å². The SMILES string of the molecule is CC(=O)NCCCS(=O)(=O)OCC(C)(C)[C@](O)(CCOC(=O)C1CCCCC1)C(=O)O. The van der Waals surface area contributed by atoms with Crippen molar-refractivity contribution in [1.29, 1.82) is 0 Å². The number of nitrogens with one attached hydrogen (secondary N) is 1. The fraction of sp³-hybridized carbons (Fsp3) is 0.850. The van der Waals surface area contributed by atoms with Gasteiger partial charge < -0.3 is 20.3 Å². The van der Waals surface area contributed by atoms with Crippen LogP contribution in [0.1, 0.15) is 65.7 Å². The minimum Gasteiger partial charge on any atom is -0.479 e. The lowest BCUT2D eigenvalue weighted by molar-refractivity contribution is -0.181. The molecule has 0 bridgehead atoms. The van der Waals surface area contributed by atoms with E-state index in [1.807, 2.05) is 0 Å². The van der Waals surface area contributed by atoms with E-state index in [0.29, 0.717) is 0 Å².